The molecule has 11 nitrogen and oxygen atoms in total. The van der Waals surface area contributed by atoms with Gasteiger partial charge in [0.25, 0.3) is 0 Å². The fraction of sp³-hybridized carbons (Fsp3) is 0.600. The Morgan fingerprint density at radius 3 is 2.96 bits per heavy atom. The van der Waals surface area contributed by atoms with E-state index in [9.17, 15) is 14.6 Å². The summed E-state index contributed by atoms with van der Waals surface area (Å²) in [6, 6.07) is 0. The van der Waals surface area contributed by atoms with Crippen LogP contribution in [0.3, 0.4) is 0 Å². The highest BCUT2D eigenvalue weighted by molar-refractivity contribution is 7.46. The minimum Gasteiger partial charge on any atom is -0.464 e. The van der Waals surface area contributed by atoms with Crippen molar-refractivity contribution in [3.05, 3.63) is 12.2 Å². The van der Waals surface area contributed by atoms with Gasteiger partial charge in [-0.3, -0.25) is 4.57 Å². The number of fused-ring (bicyclic) bond motifs is 1. The molecule has 2 aromatic heterocycles. The van der Waals surface area contributed by atoms with Crippen molar-refractivity contribution in [2.45, 2.75) is 44.9 Å². The Labute approximate surface area is 156 Å². The Balaban J connectivity index is 1.64. The fourth-order valence-corrected chi connectivity index (χ4v) is 3.40. The van der Waals surface area contributed by atoms with Crippen LogP contribution in [0.4, 0.5) is 5.82 Å². The SMILES string of the molecule is CCOC(=O)C(OCC1CCC(n2cnc3c(N)nc(C)nc32)O1)P(O)O. The van der Waals surface area contributed by atoms with Crippen LogP contribution in [0.15, 0.2) is 6.33 Å². The predicted octanol–water partition coefficient (Wildman–Crippen LogP) is 0.597. The van der Waals surface area contributed by atoms with Crippen LogP contribution >= 0.6 is 8.38 Å². The van der Waals surface area contributed by atoms with E-state index in [1.807, 2.05) is 0 Å². The van der Waals surface area contributed by atoms with Crippen LogP contribution in [0.1, 0.15) is 31.8 Å². The highest BCUT2D eigenvalue weighted by atomic mass is 31.2. The van der Waals surface area contributed by atoms with Crippen molar-refractivity contribution in [2.24, 2.45) is 0 Å². The number of carbonyl (C=O) groups excluding carboxylic acids is 1. The third kappa shape index (κ3) is 4.33. The maximum Gasteiger partial charge on any atom is 0.344 e. The summed E-state index contributed by atoms with van der Waals surface area (Å²) in [7, 11) is -2.61. The lowest BCUT2D eigenvalue weighted by atomic mass is 10.2. The zero-order valence-electron chi connectivity index (χ0n) is 15.0. The van der Waals surface area contributed by atoms with Gasteiger partial charge in [0, 0.05) is 0 Å². The van der Waals surface area contributed by atoms with Crippen molar-refractivity contribution in [1.29, 1.82) is 0 Å². The molecule has 0 radical (unpaired) electrons. The second-order valence-corrected chi connectivity index (χ2v) is 7.14. The highest BCUT2D eigenvalue weighted by Gasteiger charge is 2.33. The first-order valence-corrected chi connectivity index (χ1v) is 9.79. The summed E-state index contributed by atoms with van der Waals surface area (Å²) < 4.78 is 17.9. The van der Waals surface area contributed by atoms with Crippen molar-refractivity contribution in [3.8, 4) is 0 Å². The third-order valence-electron chi connectivity index (χ3n) is 4.09. The molecule has 0 aromatic carbocycles. The minimum absolute atomic E-state index is 0.0305. The first-order valence-electron chi connectivity index (χ1n) is 8.48. The van der Waals surface area contributed by atoms with Crippen LogP contribution < -0.4 is 5.73 Å². The molecule has 1 aliphatic rings. The molecule has 1 fully saturated rings. The van der Waals surface area contributed by atoms with Gasteiger partial charge in [0.05, 0.1) is 25.6 Å². The summed E-state index contributed by atoms with van der Waals surface area (Å²) in [6.45, 7) is 3.53. The zero-order valence-corrected chi connectivity index (χ0v) is 15.9. The molecular formula is C15H22N5O6P. The number of nitrogens with zero attached hydrogens (tertiary/aromatic N) is 4. The number of imidazole rings is 1. The van der Waals surface area contributed by atoms with Gasteiger partial charge in [-0.2, -0.15) is 0 Å². The van der Waals surface area contributed by atoms with Crippen LogP contribution in [0.25, 0.3) is 11.2 Å². The van der Waals surface area contributed by atoms with E-state index in [2.05, 4.69) is 15.0 Å². The molecule has 3 rings (SSSR count). The second-order valence-electron chi connectivity index (χ2n) is 6.03. The maximum absolute atomic E-state index is 11.7. The standard InChI is InChI=1S/C15H22N5O6P/c1-3-24-14(21)15(27(22)23)25-6-9-4-5-10(26-9)20-7-17-11-12(16)18-8(2)19-13(11)20/h7,9-10,15,22-23H,3-6H2,1-2H3,(H2,16,18,19). The van der Waals surface area contributed by atoms with Gasteiger partial charge in [0.2, 0.25) is 14.2 Å². The molecule has 3 heterocycles. The van der Waals surface area contributed by atoms with E-state index in [4.69, 9.17) is 19.9 Å². The minimum atomic E-state index is -2.61. The van der Waals surface area contributed by atoms with E-state index in [1.54, 1.807) is 24.7 Å². The smallest absolute Gasteiger partial charge is 0.344 e. The molecule has 148 valence electrons. The molecule has 1 saturated heterocycles. The Hall–Kier alpha value is -1.91. The molecule has 0 aliphatic carbocycles. The van der Waals surface area contributed by atoms with E-state index in [1.165, 1.54) is 0 Å². The lowest BCUT2D eigenvalue weighted by molar-refractivity contribution is -0.153. The van der Waals surface area contributed by atoms with Gasteiger partial charge in [-0.05, 0) is 26.7 Å². The Kier molecular flexibility index (Phi) is 6.18. The fourth-order valence-electron chi connectivity index (χ4n) is 2.92. The van der Waals surface area contributed by atoms with Crippen LogP contribution in [-0.4, -0.2) is 60.4 Å². The quantitative estimate of drug-likeness (QED) is 0.445. The van der Waals surface area contributed by atoms with Crippen molar-refractivity contribution >= 4 is 31.3 Å². The molecule has 27 heavy (non-hydrogen) atoms. The monoisotopic (exact) mass is 399 g/mol. The number of aryl methyl sites for hydroxylation is 1. The van der Waals surface area contributed by atoms with Gasteiger partial charge in [-0.15, -0.1) is 0 Å². The number of rotatable bonds is 7. The molecule has 3 atom stereocenters. The normalized spacial score (nSPS) is 21.1. The van der Waals surface area contributed by atoms with E-state index >= 15 is 0 Å². The second kappa shape index (κ2) is 8.41. The molecule has 3 unspecified atom stereocenters. The zero-order chi connectivity index (χ0) is 19.6. The number of nitrogen functional groups attached to an aromatic ring is 1. The molecule has 0 amide bonds. The van der Waals surface area contributed by atoms with Crippen LogP contribution in [0, 0.1) is 6.92 Å². The van der Waals surface area contributed by atoms with E-state index < -0.39 is 20.2 Å². The summed E-state index contributed by atoms with van der Waals surface area (Å²) in [4.78, 5) is 43.2. The van der Waals surface area contributed by atoms with Gasteiger partial charge in [0.15, 0.2) is 11.5 Å². The van der Waals surface area contributed by atoms with Gasteiger partial charge >= 0.3 is 5.97 Å². The van der Waals surface area contributed by atoms with E-state index in [-0.39, 0.29) is 25.5 Å². The molecule has 0 bridgehead atoms. The molecule has 4 N–H and O–H groups in total. The summed E-state index contributed by atoms with van der Waals surface area (Å²) in [5.74, 6) is -1.36. The molecular weight excluding hydrogens is 377 g/mol. The van der Waals surface area contributed by atoms with E-state index in [0.29, 0.717) is 35.6 Å². The van der Waals surface area contributed by atoms with Gasteiger partial charge in [-0.1, -0.05) is 0 Å². The summed E-state index contributed by atoms with van der Waals surface area (Å²) in [5.41, 5.74) is 6.98. The predicted molar refractivity (Wildman–Crippen MR) is 95.3 cm³/mol. The largest absolute Gasteiger partial charge is 0.464 e. The van der Waals surface area contributed by atoms with Crippen molar-refractivity contribution in [1.82, 2.24) is 19.5 Å². The first-order chi connectivity index (χ1) is 12.9. The van der Waals surface area contributed by atoms with Crippen LogP contribution in [-0.2, 0) is 19.0 Å². The third-order valence-corrected chi connectivity index (χ3v) is 4.87. The number of esters is 1. The molecule has 0 saturated carbocycles. The number of nitrogens with two attached hydrogens (primary N) is 1. The average Bonchev–Trinajstić information content (AvgIpc) is 3.21. The van der Waals surface area contributed by atoms with Crippen LogP contribution in [0.2, 0.25) is 0 Å². The summed E-state index contributed by atoms with van der Waals surface area (Å²) in [6.07, 6.45) is 2.31. The number of carbonyl (C=O) groups is 1. The topological polar surface area (TPSA) is 155 Å². The van der Waals surface area contributed by atoms with Crippen LogP contribution in [0.5, 0.6) is 0 Å². The Morgan fingerprint density at radius 1 is 1.48 bits per heavy atom. The molecule has 1 aliphatic heterocycles. The number of anilines is 1. The molecule has 2 aromatic rings. The van der Waals surface area contributed by atoms with E-state index in [0.717, 1.165) is 0 Å². The Bertz CT molecular complexity index is 815. The maximum atomic E-state index is 11.7. The lowest BCUT2D eigenvalue weighted by Crippen LogP contribution is -2.29. The number of hydrogen-bond donors (Lipinski definition) is 3. The van der Waals surface area contributed by atoms with Gasteiger partial charge < -0.3 is 29.7 Å². The number of aromatic nitrogens is 4. The lowest BCUT2D eigenvalue weighted by Gasteiger charge is -2.20. The first kappa shape index (κ1) is 19.8. The molecule has 0 spiro atoms. The Morgan fingerprint density at radius 2 is 2.26 bits per heavy atom. The number of ether oxygens (including phenoxy) is 3. The molecule has 12 heteroatoms. The van der Waals surface area contributed by atoms with Crippen molar-refractivity contribution < 1.29 is 28.8 Å². The average molecular weight is 399 g/mol. The number of hydrogen-bond acceptors (Lipinski definition) is 10. The van der Waals surface area contributed by atoms with Crippen molar-refractivity contribution in [3.63, 3.8) is 0 Å². The summed E-state index contributed by atoms with van der Waals surface area (Å²) >= 11 is 0. The van der Waals surface area contributed by atoms with Gasteiger partial charge in [-0.25, -0.2) is 19.7 Å². The highest BCUT2D eigenvalue weighted by Crippen LogP contribution is 2.35. The van der Waals surface area contributed by atoms with Gasteiger partial charge in [0.1, 0.15) is 17.6 Å². The van der Waals surface area contributed by atoms with Crippen molar-refractivity contribution in [2.75, 3.05) is 18.9 Å². The summed E-state index contributed by atoms with van der Waals surface area (Å²) in [5, 5.41) is 0.